The molecule has 0 spiro atoms. The average molecular weight is 183 g/mol. The fourth-order valence-electron chi connectivity index (χ4n) is 0.867. The highest BCUT2D eigenvalue weighted by molar-refractivity contribution is 5.79. The molecule has 0 aliphatic carbocycles. The van der Waals surface area contributed by atoms with E-state index in [-0.39, 0.29) is 11.7 Å². The van der Waals surface area contributed by atoms with E-state index in [0.717, 1.165) is 0 Å². The van der Waals surface area contributed by atoms with Crippen LogP contribution in [0.1, 0.15) is 0 Å². The number of benzene rings is 1. The quantitative estimate of drug-likeness (QED) is 0.524. The van der Waals surface area contributed by atoms with Crippen LogP contribution in [-0.2, 0) is 0 Å². The summed E-state index contributed by atoms with van der Waals surface area (Å²) < 4.78 is 17.6. The fraction of sp³-hybridized carbons (Fsp3) is 0.125. The van der Waals surface area contributed by atoms with Crippen LogP contribution in [0, 0.1) is 5.82 Å². The molecule has 0 unspecified atom stereocenters. The van der Waals surface area contributed by atoms with Crippen molar-refractivity contribution in [3.05, 3.63) is 24.0 Å². The van der Waals surface area contributed by atoms with Gasteiger partial charge in [-0.25, -0.2) is 9.38 Å². The summed E-state index contributed by atoms with van der Waals surface area (Å²) in [5, 5.41) is 0. The molecule has 5 heteroatoms. The molecule has 0 aromatic heterocycles. The fourth-order valence-corrected chi connectivity index (χ4v) is 0.867. The van der Waals surface area contributed by atoms with Gasteiger partial charge in [0.2, 0.25) is 0 Å². The molecule has 0 aliphatic heterocycles. The molecule has 0 atom stereocenters. The van der Waals surface area contributed by atoms with E-state index >= 15 is 0 Å². The molecular weight excluding hydrogens is 173 g/mol. The Bertz CT molecular complexity index is 334. The average Bonchev–Trinajstić information content (AvgIpc) is 2.07. The molecule has 0 fully saturated rings. The Hall–Kier alpha value is -1.78. The number of methoxy groups -OCH3 is 1. The molecule has 4 N–H and O–H groups in total. The van der Waals surface area contributed by atoms with E-state index in [4.69, 9.17) is 16.2 Å². The molecule has 1 rings (SSSR count). The van der Waals surface area contributed by atoms with Crippen LogP contribution in [0.3, 0.4) is 0 Å². The molecule has 4 nitrogen and oxygen atoms in total. The normalized spacial score (nSPS) is 9.38. The zero-order chi connectivity index (χ0) is 9.84. The molecule has 0 saturated heterocycles. The number of guanidine groups is 1. The lowest BCUT2D eigenvalue weighted by Gasteiger charge is -2.02. The van der Waals surface area contributed by atoms with Crippen molar-refractivity contribution in [2.24, 2.45) is 16.5 Å². The monoisotopic (exact) mass is 183 g/mol. The topological polar surface area (TPSA) is 73.6 Å². The lowest BCUT2D eigenvalue weighted by atomic mass is 10.3. The smallest absolute Gasteiger partial charge is 0.191 e. The summed E-state index contributed by atoms with van der Waals surface area (Å²) in [5.74, 6) is -0.409. The zero-order valence-corrected chi connectivity index (χ0v) is 7.12. The minimum absolute atomic E-state index is 0.0753. The van der Waals surface area contributed by atoms with Crippen molar-refractivity contribution in [3.8, 4) is 5.75 Å². The van der Waals surface area contributed by atoms with Crippen molar-refractivity contribution in [1.29, 1.82) is 0 Å². The Balaban J connectivity index is 3.06. The van der Waals surface area contributed by atoms with Crippen LogP contribution in [0.5, 0.6) is 5.75 Å². The summed E-state index contributed by atoms with van der Waals surface area (Å²) in [6, 6.07) is 4.10. The Morgan fingerprint density at radius 2 is 2.15 bits per heavy atom. The van der Waals surface area contributed by atoms with E-state index in [2.05, 4.69) is 4.99 Å². The van der Waals surface area contributed by atoms with Gasteiger partial charge in [-0.15, -0.1) is 0 Å². The number of aliphatic imine (C=N–C) groups is 1. The zero-order valence-electron chi connectivity index (χ0n) is 7.12. The standard InChI is InChI=1S/C8H10FN3O/c1-13-7-4-5(12-8(10)11)2-3-6(7)9/h2-4H,1H3,(H4,10,11,12). The van der Waals surface area contributed by atoms with Gasteiger partial charge in [0.05, 0.1) is 12.8 Å². The molecule has 1 aromatic rings. The maximum absolute atomic E-state index is 12.9. The van der Waals surface area contributed by atoms with E-state index < -0.39 is 5.82 Å². The maximum Gasteiger partial charge on any atom is 0.191 e. The van der Waals surface area contributed by atoms with Crippen LogP contribution < -0.4 is 16.2 Å². The Morgan fingerprint density at radius 3 is 2.69 bits per heavy atom. The first-order chi connectivity index (χ1) is 6.13. The number of hydrogen-bond acceptors (Lipinski definition) is 2. The summed E-state index contributed by atoms with van der Waals surface area (Å²) >= 11 is 0. The third-order valence-electron chi connectivity index (χ3n) is 1.39. The van der Waals surface area contributed by atoms with Crippen LogP contribution in [0.15, 0.2) is 23.2 Å². The predicted molar refractivity (Wildman–Crippen MR) is 48.4 cm³/mol. The van der Waals surface area contributed by atoms with Crippen LogP contribution in [-0.4, -0.2) is 13.1 Å². The second-order valence-electron chi connectivity index (χ2n) is 2.36. The van der Waals surface area contributed by atoms with Gasteiger partial charge in [0.25, 0.3) is 0 Å². The van der Waals surface area contributed by atoms with Crippen molar-refractivity contribution < 1.29 is 9.13 Å². The van der Waals surface area contributed by atoms with Gasteiger partial charge in [-0.2, -0.15) is 0 Å². The van der Waals surface area contributed by atoms with Crippen LogP contribution in [0.2, 0.25) is 0 Å². The van der Waals surface area contributed by atoms with Gasteiger partial charge in [-0.05, 0) is 12.1 Å². The molecule has 0 saturated carbocycles. The van der Waals surface area contributed by atoms with Gasteiger partial charge in [-0.3, -0.25) is 0 Å². The van der Waals surface area contributed by atoms with Crippen LogP contribution in [0.4, 0.5) is 10.1 Å². The molecule has 70 valence electrons. The van der Waals surface area contributed by atoms with Crippen molar-refractivity contribution in [1.82, 2.24) is 0 Å². The molecule has 0 bridgehead atoms. The minimum Gasteiger partial charge on any atom is -0.494 e. The van der Waals surface area contributed by atoms with E-state index in [1.807, 2.05) is 0 Å². The number of nitrogens with two attached hydrogens (primary N) is 2. The summed E-state index contributed by atoms with van der Waals surface area (Å²) in [6.45, 7) is 0. The molecular formula is C8H10FN3O. The second-order valence-corrected chi connectivity index (χ2v) is 2.36. The highest BCUT2D eigenvalue weighted by atomic mass is 19.1. The number of hydrogen-bond donors (Lipinski definition) is 2. The second kappa shape index (κ2) is 3.75. The first-order valence-corrected chi connectivity index (χ1v) is 3.56. The van der Waals surface area contributed by atoms with Crippen molar-refractivity contribution in [3.63, 3.8) is 0 Å². The summed E-state index contributed by atoms with van der Waals surface area (Å²) in [4.78, 5) is 3.73. The SMILES string of the molecule is COc1cc(N=C(N)N)ccc1F. The summed E-state index contributed by atoms with van der Waals surface area (Å²) in [5.41, 5.74) is 10.8. The van der Waals surface area contributed by atoms with Gasteiger partial charge in [0, 0.05) is 6.07 Å². The lowest BCUT2D eigenvalue weighted by Crippen LogP contribution is -2.21. The molecule has 0 heterocycles. The van der Waals surface area contributed by atoms with Gasteiger partial charge < -0.3 is 16.2 Å². The van der Waals surface area contributed by atoms with Crippen LogP contribution in [0.25, 0.3) is 0 Å². The Kier molecular flexibility index (Phi) is 2.69. The molecule has 0 aliphatic rings. The third kappa shape index (κ3) is 2.33. The Labute approximate surface area is 75.0 Å². The maximum atomic E-state index is 12.9. The first-order valence-electron chi connectivity index (χ1n) is 3.56. The number of halogens is 1. The van der Waals surface area contributed by atoms with Gasteiger partial charge in [0.15, 0.2) is 17.5 Å². The lowest BCUT2D eigenvalue weighted by molar-refractivity contribution is 0.387. The minimum atomic E-state index is -0.447. The number of rotatable bonds is 2. The summed E-state index contributed by atoms with van der Waals surface area (Å²) in [6.07, 6.45) is 0. The van der Waals surface area contributed by atoms with Crippen molar-refractivity contribution in [2.75, 3.05) is 7.11 Å². The largest absolute Gasteiger partial charge is 0.494 e. The summed E-state index contributed by atoms with van der Waals surface area (Å²) in [7, 11) is 1.37. The molecule has 13 heavy (non-hydrogen) atoms. The van der Waals surface area contributed by atoms with Crippen molar-refractivity contribution >= 4 is 11.6 Å². The molecule has 0 radical (unpaired) electrons. The van der Waals surface area contributed by atoms with Gasteiger partial charge >= 0.3 is 0 Å². The Morgan fingerprint density at radius 1 is 1.46 bits per heavy atom. The van der Waals surface area contributed by atoms with E-state index in [1.165, 1.54) is 25.3 Å². The first kappa shape index (κ1) is 9.31. The highest BCUT2D eigenvalue weighted by Crippen LogP contribution is 2.22. The molecule has 0 amide bonds. The number of ether oxygens (including phenoxy) is 1. The van der Waals surface area contributed by atoms with Crippen LogP contribution >= 0.6 is 0 Å². The van der Waals surface area contributed by atoms with E-state index in [1.54, 1.807) is 0 Å². The van der Waals surface area contributed by atoms with E-state index in [9.17, 15) is 4.39 Å². The van der Waals surface area contributed by atoms with Gasteiger partial charge in [-0.1, -0.05) is 0 Å². The van der Waals surface area contributed by atoms with Gasteiger partial charge in [0.1, 0.15) is 0 Å². The number of nitrogens with zero attached hydrogens (tertiary/aromatic N) is 1. The van der Waals surface area contributed by atoms with Crippen molar-refractivity contribution in [2.45, 2.75) is 0 Å². The third-order valence-corrected chi connectivity index (χ3v) is 1.39. The predicted octanol–water partition coefficient (Wildman–Crippen LogP) is 0.739. The molecule has 1 aromatic carbocycles. The van der Waals surface area contributed by atoms with E-state index in [0.29, 0.717) is 5.69 Å². The highest BCUT2D eigenvalue weighted by Gasteiger charge is 2.02.